The van der Waals surface area contributed by atoms with Crippen molar-refractivity contribution in [1.29, 1.82) is 0 Å². The van der Waals surface area contributed by atoms with Crippen LogP contribution in [-0.4, -0.2) is 34.2 Å². The fourth-order valence-corrected chi connectivity index (χ4v) is 2.91. The molecular weight excluding hydrogens is 304 g/mol. The fraction of sp³-hybridized carbons (Fsp3) is 0.400. The number of rotatable bonds is 4. The quantitative estimate of drug-likeness (QED) is 0.787. The minimum atomic E-state index is -0.962. The van der Waals surface area contributed by atoms with E-state index in [4.69, 9.17) is 5.11 Å². The van der Waals surface area contributed by atoms with Gasteiger partial charge in [-0.05, 0) is 39.0 Å². The Bertz CT molecular complexity index is 632. The number of anilines is 1. The van der Waals surface area contributed by atoms with Crippen molar-refractivity contribution >= 4 is 35.2 Å². The number of carboxylic acids is 1. The smallest absolute Gasteiger partial charge is 0.308 e. The Morgan fingerprint density at radius 3 is 2.68 bits per heavy atom. The molecule has 7 heteroatoms. The summed E-state index contributed by atoms with van der Waals surface area (Å²) < 4.78 is 0. The summed E-state index contributed by atoms with van der Waals surface area (Å²) in [6.45, 7) is 5.01. The monoisotopic (exact) mass is 322 g/mol. The lowest BCUT2D eigenvalue weighted by molar-refractivity contribution is -0.141. The fourth-order valence-electron chi connectivity index (χ4n) is 1.98. The molecule has 1 aliphatic heterocycles. The van der Waals surface area contributed by atoms with Crippen molar-refractivity contribution in [2.45, 2.75) is 37.0 Å². The second-order valence-corrected chi connectivity index (χ2v) is 6.73. The molecule has 3 N–H and O–H groups in total. The number of fused-ring (bicyclic) bond motifs is 1. The summed E-state index contributed by atoms with van der Waals surface area (Å²) in [5, 5.41) is 14.2. The standard InChI is InChI=1S/C15H18N2O4S/c1-7(15(20)21)8(2)16-14(19)10-4-5-12-11(6-10)17-13(18)9(3)22-12/h4-9H,1-3H3,(H,16,19)(H,17,18)(H,20,21). The van der Waals surface area contributed by atoms with E-state index in [1.54, 1.807) is 32.0 Å². The van der Waals surface area contributed by atoms with Gasteiger partial charge in [-0.2, -0.15) is 0 Å². The van der Waals surface area contributed by atoms with Crippen LogP contribution >= 0.6 is 11.8 Å². The predicted octanol–water partition coefficient (Wildman–Crippen LogP) is 1.96. The maximum atomic E-state index is 12.2. The van der Waals surface area contributed by atoms with Gasteiger partial charge in [-0.3, -0.25) is 14.4 Å². The lowest BCUT2D eigenvalue weighted by Gasteiger charge is -2.22. The van der Waals surface area contributed by atoms with Crippen molar-refractivity contribution in [3.8, 4) is 0 Å². The van der Waals surface area contributed by atoms with Gasteiger partial charge in [0.15, 0.2) is 0 Å². The van der Waals surface area contributed by atoms with E-state index in [9.17, 15) is 14.4 Å². The Morgan fingerprint density at radius 1 is 1.36 bits per heavy atom. The van der Waals surface area contributed by atoms with Crippen LogP contribution in [0, 0.1) is 5.92 Å². The molecule has 3 atom stereocenters. The predicted molar refractivity (Wildman–Crippen MR) is 84.1 cm³/mol. The first kappa shape index (κ1) is 16.4. The zero-order chi connectivity index (χ0) is 16.4. The van der Waals surface area contributed by atoms with Gasteiger partial charge in [0.25, 0.3) is 5.91 Å². The van der Waals surface area contributed by atoms with Gasteiger partial charge in [0.2, 0.25) is 5.91 Å². The first-order valence-corrected chi connectivity index (χ1v) is 7.82. The van der Waals surface area contributed by atoms with E-state index in [0.717, 1.165) is 4.90 Å². The highest BCUT2D eigenvalue weighted by molar-refractivity contribution is 8.00. The van der Waals surface area contributed by atoms with Crippen molar-refractivity contribution in [2.24, 2.45) is 5.92 Å². The van der Waals surface area contributed by atoms with Gasteiger partial charge in [-0.15, -0.1) is 11.8 Å². The minimum absolute atomic E-state index is 0.0945. The Balaban J connectivity index is 2.13. The number of hydrogen-bond acceptors (Lipinski definition) is 4. The van der Waals surface area contributed by atoms with Crippen LogP contribution in [0.4, 0.5) is 5.69 Å². The summed E-state index contributed by atoms with van der Waals surface area (Å²) >= 11 is 1.44. The number of amides is 2. The van der Waals surface area contributed by atoms with Crippen LogP contribution in [0.2, 0.25) is 0 Å². The number of carboxylic acid groups (broad SMARTS) is 1. The molecule has 3 unspecified atom stereocenters. The van der Waals surface area contributed by atoms with Gasteiger partial charge in [-0.1, -0.05) is 0 Å². The number of benzene rings is 1. The van der Waals surface area contributed by atoms with Crippen molar-refractivity contribution in [3.05, 3.63) is 23.8 Å². The third-order valence-electron chi connectivity index (χ3n) is 3.67. The zero-order valence-electron chi connectivity index (χ0n) is 12.5. The Labute approximate surface area is 132 Å². The number of thioether (sulfide) groups is 1. The third-order valence-corrected chi connectivity index (χ3v) is 4.85. The van der Waals surface area contributed by atoms with Gasteiger partial charge < -0.3 is 15.7 Å². The molecule has 0 saturated heterocycles. The molecule has 6 nitrogen and oxygen atoms in total. The van der Waals surface area contributed by atoms with Crippen molar-refractivity contribution < 1.29 is 19.5 Å². The Kier molecular flexibility index (Phi) is 4.75. The van der Waals surface area contributed by atoms with Crippen molar-refractivity contribution in [3.63, 3.8) is 0 Å². The van der Waals surface area contributed by atoms with Crippen LogP contribution < -0.4 is 10.6 Å². The van der Waals surface area contributed by atoms with E-state index in [-0.39, 0.29) is 17.1 Å². The highest BCUT2D eigenvalue weighted by atomic mass is 32.2. The molecule has 1 heterocycles. The first-order chi connectivity index (χ1) is 10.3. The summed E-state index contributed by atoms with van der Waals surface area (Å²) in [7, 11) is 0. The van der Waals surface area contributed by atoms with E-state index >= 15 is 0 Å². The first-order valence-electron chi connectivity index (χ1n) is 6.95. The maximum absolute atomic E-state index is 12.2. The van der Waals surface area contributed by atoms with Crippen molar-refractivity contribution in [2.75, 3.05) is 5.32 Å². The average Bonchev–Trinajstić information content (AvgIpc) is 2.46. The summed E-state index contributed by atoms with van der Waals surface area (Å²) in [6.07, 6.45) is 0. The molecule has 0 fully saturated rings. The van der Waals surface area contributed by atoms with Crippen LogP contribution in [0.25, 0.3) is 0 Å². The normalized spacial score (nSPS) is 19.6. The molecule has 0 aromatic heterocycles. The molecule has 1 aliphatic rings. The molecule has 0 spiro atoms. The Morgan fingerprint density at radius 2 is 2.05 bits per heavy atom. The largest absolute Gasteiger partial charge is 0.481 e. The number of aliphatic carboxylic acids is 1. The summed E-state index contributed by atoms with van der Waals surface area (Å²) in [4.78, 5) is 35.7. The summed E-state index contributed by atoms with van der Waals surface area (Å²) in [5.41, 5.74) is 0.998. The van der Waals surface area contributed by atoms with Gasteiger partial charge in [0.1, 0.15) is 0 Å². The Hall–Kier alpha value is -2.02. The number of hydrogen-bond donors (Lipinski definition) is 3. The van der Waals surface area contributed by atoms with Gasteiger partial charge in [0.05, 0.1) is 16.9 Å². The molecule has 1 aromatic rings. The number of carbonyl (C=O) groups excluding carboxylic acids is 2. The van der Waals surface area contributed by atoms with Crippen molar-refractivity contribution in [1.82, 2.24) is 5.32 Å². The van der Waals surface area contributed by atoms with E-state index in [2.05, 4.69) is 10.6 Å². The van der Waals surface area contributed by atoms with Crippen LogP contribution in [0.15, 0.2) is 23.1 Å². The van der Waals surface area contributed by atoms with Gasteiger partial charge in [-0.25, -0.2) is 0 Å². The molecule has 0 saturated carbocycles. The SMILES string of the molecule is CC1Sc2ccc(C(=O)NC(C)C(C)C(=O)O)cc2NC1=O. The van der Waals surface area contributed by atoms with E-state index in [1.807, 2.05) is 6.92 Å². The molecular formula is C15H18N2O4S. The molecule has 0 aliphatic carbocycles. The lowest BCUT2D eigenvalue weighted by atomic mass is 10.0. The van der Waals surface area contributed by atoms with Crippen LogP contribution in [0.1, 0.15) is 31.1 Å². The molecule has 2 amide bonds. The summed E-state index contributed by atoms with van der Waals surface area (Å²) in [6, 6.07) is 4.57. The third kappa shape index (κ3) is 3.41. The highest BCUT2D eigenvalue weighted by Gasteiger charge is 2.25. The van der Waals surface area contributed by atoms with Crippen LogP contribution in [0.3, 0.4) is 0 Å². The van der Waals surface area contributed by atoms with E-state index in [1.165, 1.54) is 11.8 Å². The second kappa shape index (κ2) is 6.39. The molecule has 1 aromatic carbocycles. The van der Waals surface area contributed by atoms with Gasteiger partial charge >= 0.3 is 5.97 Å². The molecule has 118 valence electrons. The zero-order valence-corrected chi connectivity index (χ0v) is 13.4. The summed E-state index contributed by atoms with van der Waals surface area (Å²) in [5.74, 6) is -2.10. The maximum Gasteiger partial charge on any atom is 0.308 e. The van der Waals surface area contributed by atoms with Gasteiger partial charge in [0, 0.05) is 16.5 Å². The lowest BCUT2D eigenvalue weighted by Crippen LogP contribution is -2.40. The van der Waals surface area contributed by atoms with E-state index < -0.39 is 17.9 Å². The number of nitrogens with one attached hydrogen (secondary N) is 2. The topological polar surface area (TPSA) is 95.5 Å². The molecule has 2 rings (SSSR count). The second-order valence-electron chi connectivity index (χ2n) is 5.35. The molecule has 0 radical (unpaired) electrons. The average molecular weight is 322 g/mol. The van der Waals surface area contributed by atoms with E-state index in [0.29, 0.717) is 11.3 Å². The molecule has 22 heavy (non-hydrogen) atoms. The minimum Gasteiger partial charge on any atom is -0.481 e. The van der Waals surface area contributed by atoms with Crippen LogP contribution in [-0.2, 0) is 9.59 Å². The number of carbonyl (C=O) groups is 3. The van der Waals surface area contributed by atoms with Crippen LogP contribution in [0.5, 0.6) is 0 Å². The highest BCUT2D eigenvalue weighted by Crippen LogP contribution is 2.35. The molecule has 0 bridgehead atoms.